The summed E-state index contributed by atoms with van der Waals surface area (Å²) in [6.07, 6.45) is 0.783. The molecular weight excluding hydrogens is 555 g/mol. The normalized spacial score (nSPS) is 18.0. The van der Waals surface area contributed by atoms with E-state index in [0.29, 0.717) is 46.2 Å². The second-order valence-electron chi connectivity index (χ2n) is 10.1. The molecule has 1 aromatic heterocycles. The van der Waals surface area contributed by atoms with E-state index in [4.69, 9.17) is 14.2 Å². The van der Waals surface area contributed by atoms with Crippen LogP contribution in [0.25, 0.3) is 0 Å². The summed E-state index contributed by atoms with van der Waals surface area (Å²) in [5.74, 6) is 0.244. The van der Waals surface area contributed by atoms with Crippen molar-refractivity contribution in [1.82, 2.24) is 0 Å². The van der Waals surface area contributed by atoms with Crippen LogP contribution < -0.4 is 24.4 Å². The molecule has 2 atom stereocenters. The first-order chi connectivity index (χ1) is 20.4. The molecule has 42 heavy (non-hydrogen) atoms. The number of anilines is 2. The Kier molecular flexibility index (Phi) is 7.43. The van der Waals surface area contributed by atoms with Gasteiger partial charge in [0.25, 0.3) is 5.91 Å². The molecule has 0 bridgehead atoms. The van der Waals surface area contributed by atoms with Gasteiger partial charge in [-0.05, 0) is 65.7 Å². The average Bonchev–Trinajstić information content (AvgIpc) is 3.50. The van der Waals surface area contributed by atoms with Gasteiger partial charge in [-0.3, -0.25) is 14.5 Å². The molecule has 214 valence electrons. The number of para-hydroxylation sites is 2. The van der Waals surface area contributed by atoms with Gasteiger partial charge in [0, 0.05) is 28.1 Å². The number of hydrogen-bond donors (Lipinski definition) is 1. The summed E-state index contributed by atoms with van der Waals surface area (Å²) >= 11 is 1.49. The van der Waals surface area contributed by atoms with E-state index in [0.717, 1.165) is 16.1 Å². The molecule has 3 aromatic carbocycles. The largest absolute Gasteiger partial charge is 0.493 e. The average molecular weight is 585 g/mol. The zero-order valence-electron chi connectivity index (χ0n) is 23.3. The lowest BCUT2D eigenvalue weighted by atomic mass is 9.79. The third kappa shape index (κ3) is 4.79. The zero-order chi connectivity index (χ0) is 29.4. The monoisotopic (exact) mass is 584 g/mol. The summed E-state index contributed by atoms with van der Waals surface area (Å²) in [6, 6.07) is 20.3. The Bertz CT molecular complexity index is 1660. The van der Waals surface area contributed by atoms with Crippen LogP contribution in [-0.4, -0.2) is 33.0 Å². The number of benzene rings is 3. The van der Waals surface area contributed by atoms with Crippen molar-refractivity contribution >= 4 is 34.4 Å². The number of carbonyl (C=O) groups excluding carboxylic acids is 2. The molecule has 9 heteroatoms. The molecule has 1 amide bonds. The van der Waals surface area contributed by atoms with E-state index < -0.39 is 6.04 Å². The van der Waals surface area contributed by atoms with Crippen LogP contribution in [0.5, 0.6) is 17.2 Å². The summed E-state index contributed by atoms with van der Waals surface area (Å²) < 4.78 is 30.2. The van der Waals surface area contributed by atoms with Crippen LogP contribution in [0.15, 0.2) is 89.4 Å². The summed E-state index contributed by atoms with van der Waals surface area (Å²) in [4.78, 5) is 31.3. The predicted molar refractivity (Wildman–Crippen MR) is 160 cm³/mol. The van der Waals surface area contributed by atoms with Gasteiger partial charge in [0.1, 0.15) is 11.9 Å². The van der Waals surface area contributed by atoms with Crippen LogP contribution in [0.4, 0.5) is 15.8 Å². The molecule has 2 aliphatic rings. The van der Waals surface area contributed by atoms with Crippen LogP contribution in [0.2, 0.25) is 0 Å². The molecular formula is C33H29FN2O5S. The number of hydrogen-bond acceptors (Lipinski definition) is 7. The van der Waals surface area contributed by atoms with E-state index in [2.05, 4.69) is 5.32 Å². The number of ether oxygens (including phenoxy) is 3. The number of ketones is 1. The topological polar surface area (TPSA) is 77.1 Å². The molecule has 1 aliphatic carbocycles. The van der Waals surface area contributed by atoms with Crippen LogP contribution in [0.1, 0.15) is 45.6 Å². The minimum absolute atomic E-state index is 0.0630. The van der Waals surface area contributed by atoms with Crippen molar-refractivity contribution in [3.8, 4) is 17.2 Å². The van der Waals surface area contributed by atoms with Crippen LogP contribution in [0, 0.1) is 5.82 Å². The first-order valence-electron chi connectivity index (χ1n) is 13.5. The Morgan fingerprint density at radius 1 is 0.929 bits per heavy atom. The van der Waals surface area contributed by atoms with Crippen molar-refractivity contribution < 1.29 is 28.2 Å². The fourth-order valence-corrected chi connectivity index (χ4v) is 6.67. The number of amides is 1. The van der Waals surface area contributed by atoms with Gasteiger partial charge in [0.2, 0.25) is 5.75 Å². The number of nitrogens with one attached hydrogen (secondary N) is 1. The lowest BCUT2D eigenvalue weighted by molar-refractivity contribution is -0.116. The van der Waals surface area contributed by atoms with E-state index in [1.165, 1.54) is 44.8 Å². The summed E-state index contributed by atoms with van der Waals surface area (Å²) in [5.41, 5.74) is 3.86. The van der Waals surface area contributed by atoms with Gasteiger partial charge in [-0.1, -0.05) is 30.3 Å². The van der Waals surface area contributed by atoms with Gasteiger partial charge in [-0.15, -0.1) is 11.3 Å². The highest BCUT2D eigenvalue weighted by molar-refractivity contribution is 7.10. The quantitative estimate of drug-likeness (QED) is 0.260. The second kappa shape index (κ2) is 11.3. The van der Waals surface area contributed by atoms with Gasteiger partial charge < -0.3 is 19.5 Å². The molecule has 2 heterocycles. The van der Waals surface area contributed by atoms with Crippen LogP contribution in [-0.2, 0) is 4.79 Å². The van der Waals surface area contributed by atoms with E-state index in [-0.39, 0.29) is 29.8 Å². The minimum atomic E-state index is -0.676. The van der Waals surface area contributed by atoms with Gasteiger partial charge in [0.15, 0.2) is 17.3 Å². The van der Waals surface area contributed by atoms with E-state index >= 15 is 0 Å². The lowest BCUT2D eigenvalue weighted by Gasteiger charge is -2.34. The SMILES string of the molecule is COc1cc(C(=O)N2c3ccccc3NC3=C(C(=O)CC(c4ccc(F)cc4)C3)C2c2cccs2)cc(OC)c1OC. The molecule has 1 aliphatic heterocycles. The van der Waals surface area contributed by atoms with Crippen molar-refractivity contribution in [3.05, 3.63) is 111 Å². The number of rotatable bonds is 6. The molecule has 0 saturated carbocycles. The first kappa shape index (κ1) is 27.5. The van der Waals surface area contributed by atoms with E-state index in [1.54, 1.807) is 29.2 Å². The predicted octanol–water partition coefficient (Wildman–Crippen LogP) is 7.13. The molecule has 7 nitrogen and oxygen atoms in total. The fourth-order valence-electron chi connectivity index (χ4n) is 5.84. The highest BCUT2D eigenvalue weighted by Crippen LogP contribution is 2.49. The van der Waals surface area contributed by atoms with Gasteiger partial charge in [-0.2, -0.15) is 0 Å². The van der Waals surface area contributed by atoms with Crippen molar-refractivity contribution in [3.63, 3.8) is 0 Å². The molecule has 0 fully saturated rings. The zero-order valence-corrected chi connectivity index (χ0v) is 24.2. The highest BCUT2D eigenvalue weighted by atomic mass is 32.1. The van der Waals surface area contributed by atoms with Crippen molar-refractivity contribution in [1.29, 1.82) is 0 Å². The fraction of sp³-hybridized carbons (Fsp3) is 0.212. The summed E-state index contributed by atoms with van der Waals surface area (Å²) in [6.45, 7) is 0. The Morgan fingerprint density at radius 2 is 1.64 bits per heavy atom. The molecule has 0 radical (unpaired) electrons. The Balaban J connectivity index is 1.53. The van der Waals surface area contributed by atoms with Crippen molar-refractivity contribution in [2.24, 2.45) is 0 Å². The van der Waals surface area contributed by atoms with Gasteiger partial charge in [0.05, 0.1) is 32.7 Å². The minimum Gasteiger partial charge on any atom is -0.493 e. The maximum Gasteiger partial charge on any atom is 0.259 e. The van der Waals surface area contributed by atoms with Crippen molar-refractivity contribution in [2.45, 2.75) is 24.8 Å². The van der Waals surface area contributed by atoms with Gasteiger partial charge in [-0.25, -0.2) is 4.39 Å². The Morgan fingerprint density at radius 3 is 2.29 bits per heavy atom. The smallest absolute Gasteiger partial charge is 0.259 e. The number of methoxy groups -OCH3 is 3. The third-order valence-corrected chi connectivity index (χ3v) is 8.70. The second-order valence-corrected chi connectivity index (χ2v) is 11.1. The molecule has 2 unspecified atom stereocenters. The number of carbonyl (C=O) groups is 2. The molecule has 0 spiro atoms. The number of nitrogens with zero attached hydrogens (tertiary/aromatic N) is 1. The Labute approximate surface area is 247 Å². The lowest BCUT2D eigenvalue weighted by Crippen LogP contribution is -2.38. The maximum absolute atomic E-state index is 14.6. The molecule has 6 rings (SSSR count). The summed E-state index contributed by atoms with van der Waals surface area (Å²) in [5, 5.41) is 5.46. The van der Waals surface area contributed by atoms with Crippen LogP contribution in [0.3, 0.4) is 0 Å². The standard InChI is InChI=1S/C33H29FN2O5S/c1-39-27-17-21(18-28(40-2)32(27)41-3)33(38)36-25-8-5-4-7-23(25)35-24-15-20(19-10-12-22(34)13-11-19)16-26(37)30(24)31(36)29-9-6-14-42-29/h4-14,17-18,20,31,35H,15-16H2,1-3H3. The number of halogens is 1. The molecule has 4 aromatic rings. The first-order valence-corrected chi connectivity index (χ1v) is 14.4. The van der Waals surface area contributed by atoms with Gasteiger partial charge >= 0.3 is 0 Å². The third-order valence-electron chi connectivity index (χ3n) is 7.77. The van der Waals surface area contributed by atoms with Crippen molar-refractivity contribution in [2.75, 3.05) is 31.5 Å². The molecule has 1 N–H and O–H groups in total. The van der Waals surface area contributed by atoms with E-state index in [1.807, 2.05) is 41.8 Å². The number of fused-ring (bicyclic) bond motifs is 1. The Hall–Kier alpha value is -4.63. The maximum atomic E-state index is 14.6. The number of thiophene rings is 1. The number of allylic oxidation sites excluding steroid dienone is 1. The molecule has 0 saturated heterocycles. The van der Waals surface area contributed by atoms with E-state index in [9.17, 15) is 14.0 Å². The highest BCUT2D eigenvalue weighted by Gasteiger charge is 2.42. The van der Waals surface area contributed by atoms with Crippen LogP contribution >= 0.6 is 11.3 Å². The summed E-state index contributed by atoms with van der Waals surface area (Å²) in [7, 11) is 4.51. The number of Topliss-reactive ketones (excluding diaryl/α,β-unsaturated/α-hetero) is 1.